The van der Waals surface area contributed by atoms with Crippen molar-refractivity contribution in [3.63, 3.8) is 0 Å². The Morgan fingerprint density at radius 2 is 1.82 bits per heavy atom. The van der Waals surface area contributed by atoms with Crippen LogP contribution in [0.1, 0.15) is 41.6 Å². The lowest BCUT2D eigenvalue weighted by Gasteiger charge is -2.46. The van der Waals surface area contributed by atoms with Crippen molar-refractivity contribution in [1.82, 2.24) is 4.90 Å². The largest absolute Gasteiger partial charge is 0.375 e. The van der Waals surface area contributed by atoms with Gasteiger partial charge in [-0.05, 0) is 49.1 Å². The van der Waals surface area contributed by atoms with Crippen LogP contribution in [0, 0.1) is 5.82 Å². The summed E-state index contributed by atoms with van der Waals surface area (Å²) in [4.78, 5) is 14.5. The molecule has 1 spiro atoms. The first-order chi connectivity index (χ1) is 13.6. The van der Waals surface area contributed by atoms with Crippen molar-refractivity contribution in [1.29, 1.82) is 0 Å². The molecule has 2 aromatic carbocycles. The summed E-state index contributed by atoms with van der Waals surface area (Å²) in [6.45, 7) is 2.63. The fourth-order valence-electron chi connectivity index (χ4n) is 4.15. The van der Waals surface area contributed by atoms with Crippen LogP contribution in [0.4, 0.5) is 4.39 Å². The van der Waals surface area contributed by atoms with Gasteiger partial charge >= 0.3 is 0 Å². The molecular formula is C23H26FNO3. The highest BCUT2D eigenvalue weighted by Crippen LogP contribution is 2.36. The van der Waals surface area contributed by atoms with E-state index in [0.717, 1.165) is 25.7 Å². The third-order valence-electron chi connectivity index (χ3n) is 5.83. The number of hydrogen-bond donors (Lipinski definition) is 0. The predicted octanol–water partition coefficient (Wildman–Crippen LogP) is 4.20. The zero-order valence-corrected chi connectivity index (χ0v) is 16.0. The normalized spacial score (nSPS) is 21.6. The minimum Gasteiger partial charge on any atom is -0.375 e. The standard InChI is InChI=1S/C23H26FNO3/c24-20-8-6-19(7-9-20)22(26)25-13-11-23(12-14-25)16-21(10-15-28-23)27-17-18-4-2-1-3-5-18/h1-9,21H,10-17H2. The second kappa shape index (κ2) is 8.41. The Labute approximate surface area is 165 Å². The molecule has 2 aliphatic rings. The number of rotatable bonds is 4. The van der Waals surface area contributed by atoms with Crippen LogP contribution in [0.3, 0.4) is 0 Å². The maximum absolute atomic E-state index is 13.1. The van der Waals surface area contributed by atoms with Gasteiger partial charge in [-0.15, -0.1) is 0 Å². The number of carbonyl (C=O) groups is 1. The van der Waals surface area contributed by atoms with Crippen LogP contribution in [0.25, 0.3) is 0 Å². The molecule has 0 aliphatic carbocycles. The molecule has 5 heteroatoms. The van der Waals surface area contributed by atoms with E-state index in [-0.39, 0.29) is 23.4 Å². The summed E-state index contributed by atoms with van der Waals surface area (Å²) < 4.78 is 25.4. The molecule has 2 aliphatic heterocycles. The molecule has 2 saturated heterocycles. The van der Waals surface area contributed by atoms with Gasteiger partial charge in [0.1, 0.15) is 5.82 Å². The molecule has 0 aromatic heterocycles. The van der Waals surface area contributed by atoms with E-state index >= 15 is 0 Å². The van der Waals surface area contributed by atoms with E-state index in [1.54, 1.807) is 12.1 Å². The lowest BCUT2D eigenvalue weighted by atomic mass is 9.83. The second-order valence-corrected chi connectivity index (χ2v) is 7.74. The number of benzene rings is 2. The number of piperidine rings is 1. The summed E-state index contributed by atoms with van der Waals surface area (Å²) >= 11 is 0. The van der Waals surface area contributed by atoms with Gasteiger partial charge < -0.3 is 14.4 Å². The fourth-order valence-corrected chi connectivity index (χ4v) is 4.15. The molecule has 0 saturated carbocycles. The predicted molar refractivity (Wildman–Crippen MR) is 104 cm³/mol. The molecule has 1 atom stereocenters. The van der Waals surface area contributed by atoms with Crippen LogP contribution in [-0.2, 0) is 16.1 Å². The third kappa shape index (κ3) is 4.42. The SMILES string of the molecule is O=C(c1ccc(F)cc1)N1CCC2(CC1)CC(OCc1ccccc1)CCO2. The molecular weight excluding hydrogens is 357 g/mol. The van der Waals surface area contributed by atoms with Gasteiger partial charge in [-0.3, -0.25) is 4.79 Å². The van der Waals surface area contributed by atoms with E-state index in [1.165, 1.54) is 17.7 Å². The van der Waals surface area contributed by atoms with Gasteiger partial charge in [-0.2, -0.15) is 0 Å². The monoisotopic (exact) mass is 383 g/mol. The lowest BCUT2D eigenvalue weighted by molar-refractivity contribution is -0.154. The number of carbonyl (C=O) groups excluding carboxylic acids is 1. The molecule has 0 N–H and O–H groups in total. The van der Waals surface area contributed by atoms with Gasteiger partial charge in [0.2, 0.25) is 0 Å². The van der Waals surface area contributed by atoms with Crippen molar-refractivity contribution >= 4 is 5.91 Å². The van der Waals surface area contributed by atoms with Crippen LogP contribution in [0.15, 0.2) is 54.6 Å². The molecule has 4 nitrogen and oxygen atoms in total. The van der Waals surface area contributed by atoms with Crippen LogP contribution in [0.2, 0.25) is 0 Å². The summed E-state index contributed by atoms with van der Waals surface area (Å²) in [6.07, 6.45) is 3.59. The summed E-state index contributed by atoms with van der Waals surface area (Å²) in [5, 5.41) is 0. The van der Waals surface area contributed by atoms with Gasteiger partial charge in [0, 0.05) is 31.7 Å². The topological polar surface area (TPSA) is 38.8 Å². The van der Waals surface area contributed by atoms with E-state index < -0.39 is 0 Å². The molecule has 1 unspecified atom stereocenters. The molecule has 1 amide bonds. The van der Waals surface area contributed by atoms with E-state index in [0.29, 0.717) is 31.9 Å². The smallest absolute Gasteiger partial charge is 0.253 e. The molecule has 28 heavy (non-hydrogen) atoms. The van der Waals surface area contributed by atoms with Crippen molar-refractivity contribution in [2.75, 3.05) is 19.7 Å². The van der Waals surface area contributed by atoms with Crippen LogP contribution < -0.4 is 0 Å². The highest BCUT2D eigenvalue weighted by atomic mass is 19.1. The Morgan fingerprint density at radius 3 is 2.54 bits per heavy atom. The molecule has 4 rings (SSSR count). The molecule has 148 valence electrons. The highest BCUT2D eigenvalue weighted by molar-refractivity contribution is 5.94. The van der Waals surface area contributed by atoms with E-state index in [2.05, 4.69) is 12.1 Å². The quantitative estimate of drug-likeness (QED) is 0.794. The Kier molecular flexibility index (Phi) is 5.74. The number of hydrogen-bond acceptors (Lipinski definition) is 3. The minimum atomic E-state index is -0.328. The number of ether oxygens (including phenoxy) is 2. The summed E-state index contributed by atoms with van der Waals surface area (Å²) in [5.41, 5.74) is 1.52. The number of nitrogens with zero attached hydrogens (tertiary/aromatic N) is 1. The first-order valence-corrected chi connectivity index (χ1v) is 9.98. The molecule has 2 heterocycles. The number of amides is 1. The van der Waals surface area contributed by atoms with Crippen LogP contribution in [0.5, 0.6) is 0 Å². The van der Waals surface area contributed by atoms with Crippen molar-refractivity contribution in [3.05, 3.63) is 71.5 Å². The second-order valence-electron chi connectivity index (χ2n) is 7.74. The Hall–Kier alpha value is -2.24. The minimum absolute atomic E-state index is 0.0393. The highest BCUT2D eigenvalue weighted by Gasteiger charge is 2.41. The Balaban J connectivity index is 1.31. The summed E-state index contributed by atoms with van der Waals surface area (Å²) in [7, 11) is 0. The molecule has 0 radical (unpaired) electrons. The van der Waals surface area contributed by atoms with Crippen LogP contribution in [-0.4, -0.2) is 42.2 Å². The first kappa shape index (κ1) is 19.1. The molecule has 0 bridgehead atoms. The zero-order chi connectivity index (χ0) is 19.4. The van der Waals surface area contributed by atoms with Gasteiger partial charge in [-0.1, -0.05) is 30.3 Å². The van der Waals surface area contributed by atoms with Crippen molar-refractivity contribution in [2.24, 2.45) is 0 Å². The fraction of sp³-hybridized carbons (Fsp3) is 0.435. The molecule has 2 aromatic rings. The summed E-state index contributed by atoms with van der Waals surface area (Å²) in [5.74, 6) is -0.367. The van der Waals surface area contributed by atoms with Gasteiger partial charge in [0.15, 0.2) is 0 Å². The average Bonchev–Trinajstić information content (AvgIpc) is 2.74. The van der Waals surface area contributed by atoms with Crippen molar-refractivity contribution in [2.45, 2.75) is 44.0 Å². The average molecular weight is 383 g/mol. The van der Waals surface area contributed by atoms with E-state index in [1.807, 2.05) is 23.1 Å². The Morgan fingerprint density at radius 1 is 1.11 bits per heavy atom. The summed E-state index contributed by atoms with van der Waals surface area (Å²) in [6, 6.07) is 16.0. The maximum atomic E-state index is 13.1. The first-order valence-electron chi connectivity index (χ1n) is 9.98. The Bertz CT molecular complexity index is 785. The van der Waals surface area contributed by atoms with Crippen molar-refractivity contribution < 1.29 is 18.7 Å². The molecule has 2 fully saturated rings. The van der Waals surface area contributed by atoms with Gasteiger partial charge in [-0.25, -0.2) is 4.39 Å². The van der Waals surface area contributed by atoms with Crippen LogP contribution >= 0.6 is 0 Å². The number of likely N-dealkylation sites (tertiary alicyclic amines) is 1. The van der Waals surface area contributed by atoms with Gasteiger partial charge in [0.25, 0.3) is 5.91 Å². The van der Waals surface area contributed by atoms with E-state index in [4.69, 9.17) is 9.47 Å². The lowest BCUT2D eigenvalue weighted by Crippen LogP contribution is -2.52. The van der Waals surface area contributed by atoms with Gasteiger partial charge in [0.05, 0.1) is 18.3 Å². The van der Waals surface area contributed by atoms with Crippen molar-refractivity contribution in [3.8, 4) is 0 Å². The third-order valence-corrected chi connectivity index (χ3v) is 5.83. The van der Waals surface area contributed by atoms with E-state index in [9.17, 15) is 9.18 Å². The zero-order valence-electron chi connectivity index (χ0n) is 16.0. The number of halogens is 1. The maximum Gasteiger partial charge on any atom is 0.253 e.